The standard InChI is InChI=1S/C13H10N2O2/c16-12-10-7-4-8-14-11(10)13(17)15(12)9-5-2-1-3-6-9/h1-8,12,16H. The van der Waals surface area contributed by atoms with Crippen molar-refractivity contribution in [2.75, 3.05) is 4.90 Å². The normalized spacial score (nSPS) is 18.3. The molecule has 4 nitrogen and oxygen atoms in total. The van der Waals surface area contributed by atoms with Crippen LogP contribution in [0.5, 0.6) is 0 Å². The number of pyridine rings is 1. The van der Waals surface area contributed by atoms with Crippen molar-refractivity contribution < 1.29 is 9.90 Å². The summed E-state index contributed by atoms with van der Waals surface area (Å²) in [7, 11) is 0. The van der Waals surface area contributed by atoms with Crippen molar-refractivity contribution in [3.05, 3.63) is 59.9 Å². The van der Waals surface area contributed by atoms with Gasteiger partial charge in [0.05, 0.1) is 0 Å². The predicted octanol–water partition coefficient (Wildman–Crippen LogP) is 1.73. The summed E-state index contributed by atoms with van der Waals surface area (Å²) in [5, 5.41) is 10.1. The van der Waals surface area contributed by atoms with E-state index in [1.54, 1.807) is 30.5 Å². The summed E-state index contributed by atoms with van der Waals surface area (Å²) in [5.41, 5.74) is 1.55. The molecular formula is C13H10N2O2. The first-order valence-corrected chi connectivity index (χ1v) is 5.30. The molecule has 1 N–H and O–H groups in total. The third-order valence-corrected chi connectivity index (χ3v) is 2.82. The molecule has 17 heavy (non-hydrogen) atoms. The number of fused-ring (bicyclic) bond motifs is 1. The fourth-order valence-corrected chi connectivity index (χ4v) is 2.02. The van der Waals surface area contributed by atoms with Crippen LogP contribution in [0.1, 0.15) is 22.3 Å². The second-order valence-corrected chi connectivity index (χ2v) is 3.83. The van der Waals surface area contributed by atoms with Crippen molar-refractivity contribution in [1.29, 1.82) is 0 Å². The lowest BCUT2D eigenvalue weighted by Crippen LogP contribution is -2.27. The minimum Gasteiger partial charge on any atom is -0.369 e. The maximum Gasteiger partial charge on any atom is 0.279 e. The Hall–Kier alpha value is -2.20. The summed E-state index contributed by atoms with van der Waals surface area (Å²) < 4.78 is 0. The minimum atomic E-state index is -0.950. The number of carbonyl (C=O) groups excluding carboxylic acids is 1. The molecule has 4 heteroatoms. The number of anilines is 1. The largest absolute Gasteiger partial charge is 0.369 e. The monoisotopic (exact) mass is 226 g/mol. The number of rotatable bonds is 1. The van der Waals surface area contributed by atoms with Crippen LogP contribution >= 0.6 is 0 Å². The van der Waals surface area contributed by atoms with Crippen LogP contribution in [0.25, 0.3) is 0 Å². The summed E-state index contributed by atoms with van der Waals surface area (Å²) in [5.74, 6) is -0.265. The molecule has 0 spiro atoms. The van der Waals surface area contributed by atoms with E-state index in [4.69, 9.17) is 0 Å². The first-order chi connectivity index (χ1) is 8.29. The minimum absolute atomic E-state index is 0.265. The summed E-state index contributed by atoms with van der Waals surface area (Å²) >= 11 is 0. The van der Waals surface area contributed by atoms with Crippen LogP contribution < -0.4 is 4.90 Å². The molecule has 0 radical (unpaired) electrons. The number of benzene rings is 1. The van der Waals surface area contributed by atoms with Crippen LogP contribution in [0.15, 0.2) is 48.7 Å². The van der Waals surface area contributed by atoms with Crippen molar-refractivity contribution in [3.8, 4) is 0 Å². The molecule has 1 aliphatic rings. The van der Waals surface area contributed by atoms with Crippen molar-refractivity contribution in [2.24, 2.45) is 0 Å². The highest BCUT2D eigenvalue weighted by Crippen LogP contribution is 2.34. The molecule has 3 rings (SSSR count). The van der Waals surface area contributed by atoms with E-state index in [0.29, 0.717) is 16.9 Å². The average Bonchev–Trinajstić information content (AvgIpc) is 2.64. The van der Waals surface area contributed by atoms with Gasteiger partial charge in [0.2, 0.25) is 0 Å². The molecule has 2 heterocycles. The summed E-state index contributed by atoms with van der Waals surface area (Å²) in [6.07, 6.45) is 0.603. The molecule has 1 unspecified atom stereocenters. The van der Waals surface area contributed by atoms with Gasteiger partial charge in [-0.1, -0.05) is 24.3 Å². The average molecular weight is 226 g/mol. The second-order valence-electron chi connectivity index (χ2n) is 3.83. The molecule has 1 atom stereocenters. The van der Waals surface area contributed by atoms with E-state index in [1.165, 1.54) is 4.90 Å². The van der Waals surface area contributed by atoms with Gasteiger partial charge in [-0.25, -0.2) is 0 Å². The molecule has 1 aliphatic heterocycles. The lowest BCUT2D eigenvalue weighted by Gasteiger charge is -2.20. The fraction of sp³-hybridized carbons (Fsp3) is 0.0769. The van der Waals surface area contributed by atoms with Crippen LogP contribution in [0, 0.1) is 0 Å². The van der Waals surface area contributed by atoms with Crippen molar-refractivity contribution in [3.63, 3.8) is 0 Å². The van der Waals surface area contributed by atoms with E-state index in [1.807, 2.05) is 18.2 Å². The Bertz CT molecular complexity index is 569. The molecule has 84 valence electrons. The third-order valence-electron chi connectivity index (χ3n) is 2.82. The molecule has 0 saturated carbocycles. The Kier molecular flexibility index (Phi) is 2.16. The Morgan fingerprint density at radius 3 is 2.59 bits per heavy atom. The number of hydrogen-bond donors (Lipinski definition) is 1. The lowest BCUT2D eigenvalue weighted by atomic mass is 10.2. The molecule has 1 aromatic heterocycles. The summed E-state index contributed by atoms with van der Waals surface area (Å²) in [4.78, 5) is 17.5. The van der Waals surface area contributed by atoms with Crippen molar-refractivity contribution >= 4 is 11.6 Å². The predicted molar refractivity (Wildman–Crippen MR) is 62.4 cm³/mol. The number of aliphatic hydroxyl groups excluding tert-OH is 1. The van der Waals surface area contributed by atoms with Crippen molar-refractivity contribution in [2.45, 2.75) is 6.23 Å². The molecule has 2 aromatic rings. The van der Waals surface area contributed by atoms with Gasteiger partial charge >= 0.3 is 0 Å². The van der Waals surface area contributed by atoms with Crippen LogP contribution in [-0.4, -0.2) is 16.0 Å². The maximum absolute atomic E-state index is 12.1. The zero-order valence-corrected chi connectivity index (χ0v) is 8.95. The highest BCUT2D eigenvalue weighted by atomic mass is 16.3. The quantitative estimate of drug-likeness (QED) is 0.805. The van der Waals surface area contributed by atoms with Gasteiger partial charge in [0.25, 0.3) is 5.91 Å². The topological polar surface area (TPSA) is 53.4 Å². The Labute approximate surface area is 98.1 Å². The van der Waals surface area contributed by atoms with E-state index in [-0.39, 0.29) is 5.91 Å². The Morgan fingerprint density at radius 1 is 1.12 bits per heavy atom. The number of aromatic nitrogens is 1. The number of nitrogens with zero attached hydrogens (tertiary/aromatic N) is 2. The first kappa shape index (κ1) is 9.99. The van der Waals surface area contributed by atoms with E-state index in [2.05, 4.69) is 4.98 Å². The van der Waals surface area contributed by atoms with Crippen LogP contribution in [0.4, 0.5) is 5.69 Å². The number of para-hydroxylation sites is 1. The first-order valence-electron chi connectivity index (χ1n) is 5.30. The second kappa shape index (κ2) is 3.68. The van der Waals surface area contributed by atoms with Gasteiger partial charge in [-0.2, -0.15) is 0 Å². The van der Waals surface area contributed by atoms with Gasteiger partial charge in [-0.15, -0.1) is 0 Å². The lowest BCUT2D eigenvalue weighted by molar-refractivity contribution is 0.0932. The zero-order valence-electron chi connectivity index (χ0n) is 8.95. The van der Waals surface area contributed by atoms with Gasteiger partial charge in [-0.3, -0.25) is 14.7 Å². The number of aliphatic hydroxyl groups is 1. The van der Waals surface area contributed by atoms with E-state index >= 15 is 0 Å². The van der Waals surface area contributed by atoms with Gasteiger partial charge in [-0.05, 0) is 18.2 Å². The summed E-state index contributed by atoms with van der Waals surface area (Å²) in [6, 6.07) is 12.5. The van der Waals surface area contributed by atoms with E-state index < -0.39 is 6.23 Å². The van der Waals surface area contributed by atoms with Gasteiger partial charge in [0.1, 0.15) is 5.69 Å². The van der Waals surface area contributed by atoms with Gasteiger partial charge in [0, 0.05) is 17.4 Å². The Balaban J connectivity index is 2.10. The number of carbonyl (C=O) groups is 1. The third kappa shape index (κ3) is 1.42. The van der Waals surface area contributed by atoms with Gasteiger partial charge in [0.15, 0.2) is 6.23 Å². The van der Waals surface area contributed by atoms with E-state index in [9.17, 15) is 9.90 Å². The molecule has 0 aliphatic carbocycles. The van der Waals surface area contributed by atoms with Crippen LogP contribution in [0.3, 0.4) is 0 Å². The van der Waals surface area contributed by atoms with Gasteiger partial charge < -0.3 is 5.11 Å². The smallest absolute Gasteiger partial charge is 0.279 e. The molecule has 0 fully saturated rings. The molecule has 1 aromatic carbocycles. The maximum atomic E-state index is 12.1. The molecular weight excluding hydrogens is 216 g/mol. The highest BCUT2D eigenvalue weighted by Gasteiger charge is 2.37. The van der Waals surface area contributed by atoms with Crippen LogP contribution in [-0.2, 0) is 0 Å². The SMILES string of the molecule is O=C1c2ncccc2C(O)N1c1ccccc1. The fourth-order valence-electron chi connectivity index (χ4n) is 2.02. The van der Waals surface area contributed by atoms with E-state index in [0.717, 1.165) is 0 Å². The molecule has 0 saturated heterocycles. The zero-order chi connectivity index (χ0) is 11.8. The molecule has 1 amide bonds. The number of amides is 1. The Morgan fingerprint density at radius 2 is 1.88 bits per heavy atom. The molecule has 0 bridgehead atoms. The van der Waals surface area contributed by atoms with Crippen molar-refractivity contribution in [1.82, 2.24) is 4.98 Å². The number of hydrogen-bond acceptors (Lipinski definition) is 3. The summed E-state index contributed by atoms with van der Waals surface area (Å²) in [6.45, 7) is 0. The highest BCUT2D eigenvalue weighted by molar-refractivity contribution is 6.09. The van der Waals surface area contributed by atoms with Crippen LogP contribution in [0.2, 0.25) is 0 Å².